The van der Waals surface area contributed by atoms with E-state index in [0.717, 1.165) is 22.6 Å². The quantitative estimate of drug-likeness (QED) is 0.703. The lowest BCUT2D eigenvalue weighted by Gasteiger charge is -2.26. The molecule has 6 nitrogen and oxygen atoms in total. The van der Waals surface area contributed by atoms with Crippen molar-refractivity contribution in [2.24, 2.45) is 0 Å². The molecule has 2 aromatic rings. The minimum Gasteiger partial charge on any atom is -0.496 e. The van der Waals surface area contributed by atoms with Crippen molar-refractivity contribution in [3.8, 4) is 23.0 Å². The number of methoxy groups -OCH3 is 3. The monoisotopic (exact) mass is 403 g/mol. The Bertz CT molecular complexity index is 842. The Hall–Kier alpha value is -2.54. The van der Waals surface area contributed by atoms with E-state index in [1.165, 1.54) is 0 Å². The fraction of sp³-hybridized carbons (Fsp3) is 0.381. The summed E-state index contributed by atoms with van der Waals surface area (Å²) in [5, 5.41) is -0.164. The van der Waals surface area contributed by atoms with E-state index < -0.39 is 0 Å². The van der Waals surface area contributed by atoms with Crippen molar-refractivity contribution < 1.29 is 23.7 Å². The van der Waals surface area contributed by atoms with E-state index in [1.54, 1.807) is 39.2 Å². The number of carbonyl (C=O) groups is 1. The molecule has 0 N–H and O–H groups in total. The molecule has 2 aromatic carbocycles. The van der Waals surface area contributed by atoms with Gasteiger partial charge in [0.05, 0.1) is 21.3 Å². The summed E-state index contributed by atoms with van der Waals surface area (Å²) in [7, 11) is 4.78. The van der Waals surface area contributed by atoms with Gasteiger partial charge in [-0.3, -0.25) is 4.79 Å². The first-order valence-corrected chi connectivity index (χ1v) is 10.0. The standard InChI is InChI=1S/C21H25NO5S/c1-14-7-5-6-8-16(14)27-13-20(23)22-9-10-28-21(22)15-11-18(25-3)19(26-4)12-17(15)24-2/h5-8,11-12,21H,9-10,13H2,1-4H3. The van der Waals surface area contributed by atoms with Gasteiger partial charge in [0.15, 0.2) is 18.1 Å². The Morgan fingerprint density at radius 1 is 1.04 bits per heavy atom. The van der Waals surface area contributed by atoms with Gasteiger partial charge in [-0.05, 0) is 24.6 Å². The molecule has 28 heavy (non-hydrogen) atoms. The molecule has 1 heterocycles. The van der Waals surface area contributed by atoms with E-state index in [9.17, 15) is 4.79 Å². The smallest absolute Gasteiger partial charge is 0.261 e. The summed E-state index contributed by atoms with van der Waals surface area (Å²) in [5.41, 5.74) is 1.89. The van der Waals surface area contributed by atoms with Gasteiger partial charge < -0.3 is 23.8 Å². The fourth-order valence-electron chi connectivity index (χ4n) is 3.17. The molecule has 0 spiro atoms. The Morgan fingerprint density at radius 2 is 1.71 bits per heavy atom. The summed E-state index contributed by atoms with van der Waals surface area (Å²) in [6.45, 7) is 2.61. The van der Waals surface area contributed by atoms with Crippen LogP contribution in [0.3, 0.4) is 0 Å². The number of hydrogen-bond acceptors (Lipinski definition) is 6. The number of rotatable bonds is 7. The maximum atomic E-state index is 12.9. The van der Waals surface area contributed by atoms with Gasteiger partial charge in [0.25, 0.3) is 5.91 Å². The summed E-state index contributed by atoms with van der Waals surface area (Å²) in [6.07, 6.45) is 0. The van der Waals surface area contributed by atoms with Gasteiger partial charge >= 0.3 is 0 Å². The van der Waals surface area contributed by atoms with Gasteiger partial charge in [0.1, 0.15) is 16.9 Å². The van der Waals surface area contributed by atoms with Gasteiger partial charge in [-0.1, -0.05) is 18.2 Å². The number of ether oxygens (including phenoxy) is 4. The second-order valence-electron chi connectivity index (χ2n) is 6.31. The second-order valence-corrected chi connectivity index (χ2v) is 7.50. The number of nitrogens with zero attached hydrogens (tertiary/aromatic N) is 1. The fourth-order valence-corrected chi connectivity index (χ4v) is 4.46. The van der Waals surface area contributed by atoms with Crippen LogP contribution in [0.2, 0.25) is 0 Å². The average molecular weight is 404 g/mol. The maximum Gasteiger partial charge on any atom is 0.261 e. The Labute approximate surface area is 169 Å². The lowest BCUT2D eigenvalue weighted by atomic mass is 10.1. The largest absolute Gasteiger partial charge is 0.496 e. The Balaban J connectivity index is 1.80. The zero-order chi connectivity index (χ0) is 20.1. The van der Waals surface area contributed by atoms with Gasteiger partial charge in [0.2, 0.25) is 0 Å². The number of thioether (sulfide) groups is 1. The van der Waals surface area contributed by atoms with Crippen LogP contribution in [0.4, 0.5) is 0 Å². The van der Waals surface area contributed by atoms with Gasteiger partial charge in [-0.2, -0.15) is 0 Å². The van der Waals surface area contributed by atoms with Crippen LogP contribution >= 0.6 is 11.8 Å². The van der Waals surface area contributed by atoms with Crippen molar-refractivity contribution in [3.05, 3.63) is 47.5 Å². The van der Waals surface area contributed by atoms with Crippen LogP contribution in [0.1, 0.15) is 16.5 Å². The first-order valence-electron chi connectivity index (χ1n) is 8.98. The van der Waals surface area contributed by atoms with Gasteiger partial charge in [0, 0.05) is 23.9 Å². The zero-order valence-corrected chi connectivity index (χ0v) is 17.4. The van der Waals surface area contributed by atoms with E-state index in [4.69, 9.17) is 18.9 Å². The lowest BCUT2D eigenvalue weighted by molar-refractivity contribution is -0.133. The average Bonchev–Trinajstić information content (AvgIpc) is 3.21. The first-order chi connectivity index (χ1) is 13.6. The molecule has 0 radical (unpaired) electrons. The topological polar surface area (TPSA) is 57.2 Å². The number of benzene rings is 2. The highest BCUT2D eigenvalue weighted by molar-refractivity contribution is 7.99. The van der Waals surface area contributed by atoms with Crippen molar-refractivity contribution in [1.29, 1.82) is 0 Å². The highest BCUT2D eigenvalue weighted by Crippen LogP contribution is 2.46. The molecular formula is C21H25NO5S. The van der Waals surface area contributed by atoms with Crippen LogP contribution in [-0.2, 0) is 4.79 Å². The van der Waals surface area contributed by atoms with Gasteiger partial charge in [-0.15, -0.1) is 11.8 Å². The summed E-state index contributed by atoms with van der Waals surface area (Å²) in [5.74, 6) is 3.37. The molecule has 7 heteroatoms. The van der Waals surface area contributed by atoms with E-state index in [0.29, 0.717) is 23.8 Å². The molecule has 0 aliphatic carbocycles. The van der Waals surface area contributed by atoms with Crippen LogP contribution in [-0.4, -0.2) is 51.0 Å². The van der Waals surface area contributed by atoms with Crippen molar-refractivity contribution >= 4 is 17.7 Å². The summed E-state index contributed by atoms with van der Waals surface area (Å²) in [4.78, 5) is 14.7. The number of aryl methyl sites for hydroxylation is 1. The van der Waals surface area contributed by atoms with E-state index in [1.807, 2.05) is 42.2 Å². The Kier molecular flexibility index (Phi) is 6.57. The minimum absolute atomic E-state index is 0.00246. The second kappa shape index (κ2) is 9.10. The van der Waals surface area contributed by atoms with Crippen LogP contribution in [0.25, 0.3) is 0 Å². The molecule has 150 valence electrons. The number of amides is 1. The molecule has 0 aromatic heterocycles. The minimum atomic E-state index is -0.164. The molecule has 1 aliphatic rings. The van der Waals surface area contributed by atoms with E-state index in [2.05, 4.69) is 0 Å². The molecular weight excluding hydrogens is 378 g/mol. The van der Waals surface area contributed by atoms with E-state index in [-0.39, 0.29) is 17.9 Å². The predicted octanol–water partition coefficient (Wildman–Crippen LogP) is 3.67. The first kappa shape index (κ1) is 20.2. The molecule has 1 saturated heterocycles. The van der Waals surface area contributed by atoms with Crippen LogP contribution in [0.5, 0.6) is 23.0 Å². The normalized spacial score (nSPS) is 16.0. The molecule has 1 unspecified atom stereocenters. The summed E-state index contributed by atoms with van der Waals surface area (Å²) in [6, 6.07) is 11.3. The van der Waals surface area contributed by atoms with Crippen molar-refractivity contribution in [2.45, 2.75) is 12.3 Å². The third-order valence-corrected chi connectivity index (χ3v) is 5.90. The molecule has 3 rings (SSSR count). The lowest BCUT2D eigenvalue weighted by Crippen LogP contribution is -2.34. The molecule has 1 atom stereocenters. The SMILES string of the molecule is COc1cc(OC)c(C2SCCN2C(=O)COc2ccccc2C)cc1OC. The van der Waals surface area contributed by atoms with Crippen LogP contribution in [0.15, 0.2) is 36.4 Å². The number of para-hydroxylation sites is 1. The molecule has 0 bridgehead atoms. The third-order valence-electron chi connectivity index (χ3n) is 4.66. The highest BCUT2D eigenvalue weighted by atomic mass is 32.2. The molecule has 1 fully saturated rings. The summed E-state index contributed by atoms with van der Waals surface area (Å²) < 4.78 is 22.1. The molecule has 1 aliphatic heterocycles. The number of hydrogen-bond donors (Lipinski definition) is 0. The van der Waals surface area contributed by atoms with Crippen molar-refractivity contribution in [2.75, 3.05) is 40.2 Å². The van der Waals surface area contributed by atoms with Crippen LogP contribution < -0.4 is 18.9 Å². The maximum absolute atomic E-state index is 12.9. The molecule has 1 amide bonds. The van der Waals surface area contributed by atoms with Gasteiger partial charge in [-0.25, -0.2) is 0 Å². The van der Waals surface area contributed by atoms with Crippen LogP contribution in [0, 0.1) is 6.92 Å². The van der Waals surface area contributed by atoms with E-state index >= 15 is 0 Å². The third kappa shape index (κ3) is 4.14. The summed E-state index contributed by atoms with van der Waals surface area (Å²) >= 11 is 1.69. The van der Waals surface area contributed by atoms with Crippen molar-refractivity contribution in [1.82, 2.24) is 4.90 Å². The molecule has 0 saturated carbocycles. The highest BCUT2D eigenvalue weighted by Gasteiger charge is 2.33. The predicted molar refractivity (Wildman–Crippen MR) is 110 cm³/mol. The van der Waals surface area contributed by atoms with Crippen molar-refractivity contribution in [3.63, 3.8) is 0 Å². The zero-order valence-electron chi connectivity index (χ0n) is 16.6. The Morgan fingerprint density at radius 3 is 2.39 bits per heavy atom. The number of carbonyl (C=O) groups excluding carboxylic acids is 1.